The molecule has 2 aromatic rings. The summed E-state index contributed by atoms with van der Waals surface area (Å²) in [5, 5.41) is 11.5. The molecule has 0 spiro atoms. The highest BCUT2D eigenvalue weighted by atomic mass is 16.5. The number of piperidine rings is 2. The van der Waals surface area contributed by atoms with E-state index in [-0.39, 0.29) is 24.0 Å². The first-order valence-corrected chi connectivity index (χ1v) is 9.67. The van der Waals surface area contributed by atoms with Gasteiger partial charge in [0.2, 0.25) is 0 Å². The fourth-order valence-electron chi connectivity index (χ4n) is 6.15. The van der Waals surface area contributed by atoms with E-state index in [9.17, 15) is 9.90 Å². The molecule has 1 aromatic heterocycles. The van der Waals surface area contributed by atoms with Gasteiger partial charge in [-0.25, -0.2) is 0 Å². The first kappa shape index (κ1) is 16.3. The van der Waals surface area contributed by atoms with Crippen LogP contribution in [0.25, 0.3) is 10.9 Å². The van der Waals surface area contributed by atoms with Gasteiger partial charge in [-0.15, -0.1) is 0 Å². The van der Waals surface area contributed by atoms with Crippen LogP contribution < -0.4 is 0 Å². The van der Waals surface area contributed by atoms with E-state index in [4.69, 9.17) is 4.74 Å². The SMILES string of the molecule is COC(=O)C12CC3CN(CCc4c1[nH]c1ccccc41)C2CC3C(C)O. The van der Waals surface area contributed by atoms with Crippen molar-refractivity contribution in [1.29, 1.82) is 0 Å². The van der Waals surface area contributed by atoms with Crippen LogP contribution in [0.3, 0.4) is 0 Å². The number of aromatic nitrogens is 1. The molecular weight excluding hydrogens is 328 g/mol. The second-order valence-corrected chi connectivity index (χ2v) is 8.35. The highest BCUT2D eigenvalue weighted by Crippen LogP contribution is 2.55. The molecule has 6 rings (SSSR count). The van der Waals surface area contributed by atoms with E-state index in [0.29, 0.717) is 5.92 Å². The molecule has 4 bridgehead atoms. The number of hydrogen-bond donors (Lipinski definition) is 2. The molecule has 6 unspecified atom stereocenters. The van der Waals surface area contributed by atoms with Crippen molar-refractivity contribution in [2.45, 2.75) is 43.7 Å². The Hall–Kier alpha value is -1.85. The molecule has 5 heteroatoms. The number of benzene rings is 1. The van der Waals surface area contributed by atoms with Crippen molar-refractivity contribution in [2.75, 3.05) is 20.2 Å². The topological polar surface area (TPSA) is 65.6 Å². The Morgan fingerprint density at radius 1 is 1.42 bits per heavy atom. The Morgan fingerprint density at radius 3 is 2.96 bits per heavy atom. The fourth-order valence-corrected chi connectivity index (χ4v) is 6.15. The largest absolute Gasteiger partial charge is 0.468 e. The number of hydrogen-bond acceptors (Lipinski definition) is 4. The quantitative estimate of drug-likeness (QED) is 0.812. The zero-order valence-electron chi connectivity index (χ0n) is 15.4. The summed E-state index contributed by atoms with van der Waals surface area (Å²) in [4.78, 5) is 19.3. The minimum absolute atomic E-state index is 0.0915. The van der Waals surface area contributed by atoms with Gasteiger partial charge in [-0.3, -0.25) is 9.69 Å². The molecule has 3 fully saturated rings. The van der Waals surface area contributed by atoms with E-state index < -0.39 is 5.41 Å². The molecule has 1 aliphatic carbocycles. The first-order chi connectivity index (χ1) is 12.6. The van der Waals surface area contributed by atoms with Crippen molar-refractivity contribution in [1.82, 2.24) is 9.88 Å². The van der Waals surface area contributed by atoms with Crippen LogP contribution in [-0.4, -0.2) is 53.3 Å². The van der Waals surface area contributed by atoms with Crippen LogP contribution in [0.2, 0.25) is 0 Å². The van der Waals surface area contributed by atoms with Gasteiger partial charge < -0.3 is 14.8 Å². The number of methoxy groups -OCH3 is 1. The zero-order valence-corrected chi connectivity index (χ0v) is 15.4. The number of para-hydroxylation sites is 1. The molecule has 138 valence electrons. The molecule has 5 nitrogen and oxygen atoms in total. The molecule has 1 saturated carbocycles. The molecule has 26 heavy (non-hydrogen) atoms. The summed E-state index contributed by atoms with van der Waals surface area (Å²) in [5.41, 5.74) is 2.79. The second-order valence-electron chi connectivity index (χ2n) is 8.35. The number of aromatic amines is 1. The van der Waals surface area contributed by atoms with E-state index in [0.717, 1.165) is 43.6 Å². The molecule has 0 radical (unpaired) electrons. The number of H-pyrrole nitrogens is 1. The molecule has 1 aromatic carbocycles. The summed E-state index contributed by atoms with van der Waals surface area (Å²) < 4.78 is 5.37. The maximum Gasteiger partial charge on any atom is 0.319 e. The van der Waals surface area contributed by atoms with Crippen LogP contribution in [0.5, 0.6) is 0 Å². The number of aliphatic hydroxyl groups is 1. The zero-order chi connectivity index (χ0) is 18.1. The van der Waals surface area contributed by atoms with Gasteiger partial charge in [0.15, 0.2) is 0 Å². The van der Waals surface area contributed by atoms with Crippen LogP contribution in [0.1, 0.15) is 31.0 Å². The van der Waals surface area contributed by atoms with Gasteiger partial charge in [-0.1, -0.05) is 18.2 Å². The van der Waals surface area contributed by atoms with Crippen molar-refractivity contribution >= 4 is 16.9 Å². The van der Waals surface area contributed by atoms with Gasteiger partial charge in [0.1, 0.15) is 5.41 Å². The number of carbonyl (C=O) groups excluding carboxylic acids is 1. The Bertz CT molecular complexity index is 873. The molecule has 2 N–H and O–H groups in total. The Morgan fingerprint density at radius 2 is 2.23 bits per heavy atom. The number of aliphatic hydroxyl groups excluding tert-OH is 1. The molecular formula is C21H26N2O3. The van der Waals surface area contributed by atoms with Gasteiger partial charge in [-0.2, -0.15) is 0 Å². The average molecular weight is 354 g/mol. The predicted octanol–water partition coefficient (Wildman–Crippen LogP) is 2.23. The molecule has 4 aliphatic rings. The third-order valence-corrected chi connectivity index (χ3v) is 7.24. The first-order valence-electron chi connectivity index (χ1n) is 9.67. The van der Waals surface area contributed by atoms with E-state index in [1.54, 1.807) is 0 Å². The van der Waals surface area contributed by atoms with Crippen molar-refractivity contribution < 1.29 is 14.6 Å². The second kappa shape index (κ2) is 5.57. The lowest BCUT2D eigenvalue weighted by molar-refractivity contribution is -0.164. The fraction of sp³-hybridized carbons (Fsp3) is 0.571. The third kappa shape index (κ3) is 1.96. The van der Waals surface area contributed by atoms with Gasteiger partial charge in [0.05, 0.1) is 13.2 Å². The van der Waals surface area contributed by atoms with E-state index in [1.165, 1.54) is 18.1 Å². The van der Waals surface area contributed by atoms with Crippen molar-refractivity contribution in [3.63, 3.8) is 0 Å². The van der Waals surface area contributed by atoms with Gasteiger partial charge in [0.25, 0.3) is 0 Å². The number of rotatable bonds is 2. The number of carbonyl (C=O) groups is 1. The number of nitrogens with one attached hydrogen (secondary N) is 1. The van der Waals surface area contributed by atoms with Crippen molar-refractivity contribution in [3.05, 3.63) is 35.5 Å². The lowest BCUT2D eigenvalue weighted by Crippen LogP contribution is -2.67. The molecule has 3 aliphatic heterocycles. The maximum atomic E-state index is 13.2. The normalized spacial score (nSPS) is 36.4. The number of fused-ring (bicyclic) bond motifs is 4. The average Bonchev–Trinajstić information content (AvgIpc) is 3.00. The standard InChI is InChI=1S/C21H26N2O3/c1-12(24)16-9-18-21(20(25)26-2)10-13(16)11-23(18)8-7-15-14-5-3-4-6-17(14)22-19(15)21/h3-6,12-13,16,18,22,24H,7-11H2,1-2H3. The summed E-state index contributed by atoms with van der Waals surface area (Å²) in [7, 11) is 1.50. The monoisotopic (exact) mass is 354 g/mol. The Balaban J connectivity index is 1.74. The third-order valence-electron chi connectivity index (χ3n) is 7.24. The number of ether oxygens (including phenoxy) is 1. The molecule has 4 heterocycles. The van der Waals surface area contributed by atoms with Crippen LogP contribution in [0, 0.1) is 11.8 Å². The minimum Gasteiger partial charge on any atom is -0.468 e. The van der Waals surface area contributed by atoms with Crippen LogP contribution in [-0.2, 0) is 21.4 Å². The summed E-state index contributed by atoms with van der Waals surface area (Å²) in [6, 6.07) is 8.43. The van der Waals surface area contributed by atoms with Crippen LogP contribution >= 0.6 is 0 Å². The van der Waals surface area contributed by atoms with Crippen LogP contribution in [0.4, 0.5) is 0 Å². The van der Waals surface area contributed by atoms with Crippen molar-refractivity contribution in [2.24, 2.45) is 11.8 Å². The van der Waals surface area contributed by atoms with E-state index >= 15 is 0 Å². The maximum absolute atomic E-state index is 13.2. The summed E-state index contributed by atoms with van der Waals surface area (Å²) in [6.45, 7) is 3.83. The van der Waals surface area contributed by atoms with Gasteiger partial charge in [-0.05, 0) is 49.7 Å². The molecule has 2 saturated heterocycles. The Labute approximate surface area is 153 Å². The lowest BCUT2D eigenvalue weighted by atomic mass is 9.56. The lowest BCUT2D eigenvalue weighted by Gasteiger charge is -2.57. The number of nitrogens with zero attached hydrogens (tertiary/aromatic N) is 1. The summed E-state index contributed by atoms with van der Waals surface area (Å²) in [5.74, 6) is 0.451. The number of esters is 1. The highest BCUT2D eigenvalue weighted by Gasteiger charge is 2.62. The smallest absolute Gasteiger partial charge is 0.319 e. The summed E-state index contributed by atoms with van der Waals surface area (Å²) in [6.07, 6.45) is 2.23. The van der Waals surface area contributed by atoms with Gasteiger partial charge >= 0.3 is 5.97 Å². The minimum atomic E-state index is -0.645. The van der Waals surface area contributed by atoms with Gasteiger partial charge in [0, 0.05) is 35.7 Å². The highest BCUT2D eigenvalue weighted by molar-refractivity contribution is 5.91. The van der Waals surface area contributed by atoms with Crippen molar-refractivity contribution in [3.8, 4) is 0 Å². The summed E-state index contributed by atoms with van der Waals surface area (Å²) >= 11 is 0. The van der Waals surface area contributed by atoms with E-state index in [2.05, 4.69) is 28.1 Å². The molecule has 6 atom stereocenters. The molecule has 0 amide bonds. The Kier molecular flexibility index (Phi) is 3.50. The van der Waals surface area contributed by atoms with E-state index in [1.807, 2.05) is 13.0 Å². The predicted molar refractivity (Wildman–Crippen MR) is 99.0 cm³/mol. The van der Waals surface area contributed by atoms with Crippen LogP contribution in [0.15, 0.2) is 24.3 Å².